The molecule has 1 aliphatic rings. The molecule has 7 nitrogen and oxygen atoms in total. The second kappa shape index (κ2) is 7.90. The van der Waals surface area contributed by atoms with E-state index < -0.39 is 0 Å². The van der Waals surface area contributed by atoms with E-state index in [0.29, 0.717) is 5.52 Å². The maximum absolute atomic E-state index is 12.6. The van der Waals surface area contributed by atoms with Crippen LogP contribution in [0.3, 0.4) is 0 Å². The van der Waals surface area contributed by atoms with Crippen LogP contribution >= 0.6 is 0 Å². The van der Waals surface area contributed by atoms with Gasteiger partial charge in [-0.25, -0.2) is 4.98 Å². The molecule has 0 saturated carbocycles. The van der Waals surface area contributed by atoms with E-state index in [1.54, 1.807) is 6.07 Å². The molecule has 0 aliphatic carbocycles. The normalized spacial score (nSPS) is 15.1. The van der Waals surface area contributed by atoms with Crippen LogP contribution in [-0.4, -0.2) is 46.9 Å². The Morgan fingerprint density at radius 2 is 1.96 bits per heavy atom. The molecule has 0 radical (unpaired) electrons. The standard InChI is InChI=1S/C20H26N4O3/c1-4-22(5-2)20(25)15-9-11-23(12-10-15)18-13-14(3)21-19-16(18)7-6-8-17(19)24(26)27/h6-8,13,15H,4-5,9-12H2,1-3H3. The average molecular weight is 370 g/mol. The van der Waals surface area contributed by atoms with Gasteiger partial charge in [-0.15, -0.1) is 0 Å². The van der Waals surface area contributed by atoms with Crippen LogP contribution in [0, 0.1) is 23.0 Å². The lowest BCUT2D eigenvalue weighted by atomic mass is 9.94. The highest BCUT2D eigenvalue weighted by molar-refractivity contribution is 5.97. The van der Waals surface area contributed by atoms with Crippen molar-refractivity contribution in [2.24, 2.45) is 5.92 Å². The van der Waals surface area contributed by atoms with E-state index in [1.807, 2.05) is 37.8 Å². The summed E-state index contributed by atoms with van der Waals surface area (Å²) < 4.78 is 0. The van der Waals surface area contributed by atoms with Gasteiger partial charge < -0.3 is 9.80 Å². The van der Waals surface area contributed by atoms with Crippen LogP contribution in [0.15, 0.2) is 24.3 Å². The summed E-state index contributed by atoms with van der Waals surface area (Å²) in [6.45, 7) is 8.89. The molecule has 1 aromatic heterocycles. The Bertz CT molecular complexity index is 856. The number of pyridine rings is 1. The highest BCUT2D eigenvalue weighted by atomic mass is 16.6. The van der Waals surface area contributed by atoms with Crippen LogP contribution in [0.4, 0.5) is 11.4 Å². The van der Waals surface area contributed by atoms with Crippen LogP contribution in [0.2, 0.25) is 0 Å². The minimum atomic E-state index is -0.381. The van der Waals surface area contributed by atoms with Gasteiger partial charge in [0, 0.05) is 54.9 Å². The quantitative estimate of drug-likeness (QED) is 0.594. The number of non-ortho nitro benzene ring substituents is 1. The van der Waals surface area contributed by atoms with Crippen molar-refractivity contribution in [3.8, 4) is 0 Å². The highest BCUT2D eigenvalue weighted by Gasteiger charge is 2.29. The largest absolute Gasteiger partial charge is 0.371 e. The molecular formula is C20H26N4O3. The number of aryl methyl sites for hydroxylation is 1. The van der Waals surface area contributed by atoms with Crippen LogP contribution in [0.25, 0.3) is 10.9 Å². The minimum Gasteiger partial charge on any atom is -0.371 e. The van der Waals surface area contributed by atoms with Crippen LogP contribution in [0.5, 0.6) is 0 Å². The maximum atomic E-state index is 12.6. The molecule has 1 aromatic carbocycles. The van der Waals surface area contributed by atoms with Gasteiger partial charge in [-0.1, -0.05) is 12.1 Å². The molecular weight excluding hydrogens is 344 g/mol. The third kappa shape index (κ3) is 3.72. The predicted molar refractivity (Wildman–Crippen MR) is 106 cm³/mol. The second-order valence-electron chi connectivity index (χ2n) is 6.99. The van der Waals surface area contributed by atoms with Gasteiger partial charge in [0.15, 0.2) is 5.52 Å². The summed E-state index contributed by atoms with van der Waals surface area (Å²) in [7, 11) is 0. The van der Waals surface area contributed by atoms with E-state index in [4.69, 9.17) is 0 Å². The average Bonchev–Trinajstić information content (AvgIpc) is 2.67. The fraction of sp³-hybridized carbons (Fsp3) is 0.500. The van der Waals surface area contributed by atoms with Gasteiger partial charge in [-0.05, 0) is 39.7 Å². The molecule has 0 spiro atoms. The Morgan fingerprint density at radius 1 is 1.30 bits per heavy atom. The van der Waals surface area contributed by atoms with Crippen molar-refractivity contribution in [2.45, 2.75) is 33.6 Å². The number of amides is 1. The molecule has 0 N–H and O–H groups in total. The lowest BCUT2D eigenvalue weighted by molar-refractivity contribution is -0.383. The molecule has 3 rings (SSSR count). The summed E-state index contributed by atoms with van der Waals surface area (Å²) in [5.41, 5.74) is 2.19. The van der Waals surface area contributed by atoms with E-state index in [2.05, 4.69) is 9.88 Å². The first-order valence-electron chi connectivity index (χ1n) is 9.54. The molecule has 7 heteroatoms. The molecule has 0 bridgehead atoms. The molecule has 0 unspecified atom stereocenters. The van der Waals surface area contributed by atoms with Crippen molar-refractivity contribution >= 4 is 28.2 Å². The van der Waals surface area contributed by atoms with E-state index in [0.717, 1.165) is 55.8 Å². The Labute approximate surface area is 159 Å². The van der Waals surface area contributed by atoms with Crippen molar-refractivity contribution in [2.75, 3.05) is 31.1 Å². The molecule has 1 fully saturated rings. The van der Waals surface area contributed by atoms with Crippen molar-refractivity contribution < 1.29 is 9.72 Å². The number of aromatic nitrogens is 1. The molecule has 1 amide bonds. The Kier molecular flexibility index (Phi) is 5.58. The van der Waals surface area contributed by atoms with Crippen LogP contribution in [-0.2, 0) is 4.79 Å². The van der Waals surface area contributed by atoms with Gasteiger partial charge in [-0.2, -0.15) is 0 Å². The summed E-state index contributed by atoms with van der Waals surface area (Å²) in [6, 6.07) is 7.07. The first-order valence-corrected chi connectivity index (χ1v) is 9.54. The number of benzene rings is 1. The smallest absolute Gasteiger partial charge is 0.295 e. The number of hydrogen-bond donors (Lipinski definition) is 0. The number of para-hydroxylation sites is 1. The third-order valence-corrected chi connectivity index (χ3v) is 5.38. The van der Waals surface area contributed by atoms with Gasteiger partial charge >= 0.3 is 0 Å². The molecule has 1 saturated heterocycles. The Balaban J connectivity index is 1.86. The number of nitro benzene ring substituents is 1. The second-order valence-corrected chi connectivity index (χ2v) is 6.99. The zero-order chi connectivity index (χ0) is 19.6. The zero-order valence-electron chi connectivity index (χ0n) is 16.1. The summed E-state index contributed by atoms with van der Waals surface area (Å²) in [4.78, 5) is 32.1. The number of hydrogen-bond acceptors (Lipinski definition) is 5. The lowest BCUT2D eigenvalue weighted by Crippen LogP contribution is -2.42. The van der Waals surface area contributed by atoms with E-state index in [-0.39, 0.29) is 22.4 Å². The monoisotopic (exact) mass is 370 g/mol. The molecule has 2 heterocycles. The lowest BCUT2D eigenvalue weighted by Gasteiger charge is -2.35. The van der Waals surface area contributed by atoms with Crippen molar-refractivity contribution in [1.82, 2.24) is 9.88 Å². The number of piperidine rings is 1. The molecule has 144 valence electrons. The summed E-state index contributed by atoms with van der Waals surface area (Å²) >= 11 is 0. The fourth-order valence-electron chi connectivity index (χ4n) is 3.91. The number of nitrogens with zero attached hydrogens (tertiary/aromatic N) is 4. The van der Waals surface area contributed by atoms with Gasteiger partial charge in [0.2, 0.25) is 5.91 Å². The van der Waals surface area contributed by atoms with E-state index in [9.17, 15) is 14.9 Å². The van der Waals surface area contributed by atoms with Crippen LogP contribution < -0.4 is 4.90 Å². The van der Waals surface area contributed by atoms with Gasteiger partial charge in [-0.3, -0.25) is 14.9 Å². The SMILES string of the molecule is CCN(CC)C(=O)C1CCN(c2cc(C)nc3c([N+](=O)[O-])cccc23)CC1. The summed E-state index contributed by atoms with van der Waals surface area (Å²) in [5.74, 6) is 0.302. The van der Waals surface area contributed by atoms with Crippen molar-refractivity contribution in [3.63, 3.8) is 0 Å². The van der Waals surface area contributed by atoms with Gasteiger partial charge in [0.1, 0.15) is 0 Å². The number of carbonyl (C=O) groups is 1. The number of anilines is 1. The third-order valence-electron chi connectivity index (χ3n) is 5.38. The van der Waals surface area contributed by atoms with Crippen molar-refractivity contribution in [3.05, 3.63) is 40.1 Å². The van der Waals surface area contributed by atoms with Crippen molar-refractivity contribution in [1.29, 1.82) is 0 Å². The Morgan fingerprint density at radius 3 is 2.56 bits per heavy atom. The van der Waals surface area contributed by atoms with Crippen LogP contribution in [0.1, 0.15) is 32.4 Å². The number of fused-ring (bicyclic) bond motifs is 1. The fourth-order valence-corrected chi connectivity index (χ4v) is 3.91. The summed E-state index contributed by atoms with van der Waals surface area (Å²) in [6.07, 6.45) is 1.60. The summed E-state index contributed by atoms with van der Waals surface area (Å²) in [5, 5.41) is 12.2. The highest BCUT2D eigenvalue weighted by Crippen LogP contribution is 2.34. The number of nitro groups is 1. The molecule has 0 atom stereocenters. The predicted octanol–water partition coefficient (Wildman–Crippen LogP) is 3.54. The maximum Gasteiger partial charge on any atom is 0.295 e. The first-order chi connectivity index (χ1) is 13.0. The number of rotatable bonds is 5. The van der Waals surface area contributed by atoms with Gasteiger partial charge in [0.25, 0.3) is 5.69 Å². The minimum absolute atomic E-state index is 0.0315. The zero-order valence-corrected chi connectivity index (χ0v) is 16.1. The molecule has 2 aromatic rings. The first kappa shape index (κ1) is 19.1. The van der Waals surface area contributed by atoms with E-state index >= 15 is 0 Å². The number of carbonyl (C=O) groups excluding carboxylic acids is 1. The topological polar surface area (TPSA) is 79.6 Å². The van der Waals surface area contributed by atoms with E-state index in [1.165, 1.54) is 6.07 Å². The van der Waals surface area contributed by atoms with Gasteiger partial charge in [0.05, 0.1) is 4.92 Å². The Hall–Kier alpha value is -2.70. The molecule has 27 heavy (non-hydrogen) atoms. The molecule has 1 aliphatic heterocycles.